The highest BCUT2D eigenvalue weighted by Gasteiger charge is 1.99. The number of nitrogens with one attached hydrogen (secondary N) is 1. The van der Waals surface area contributed by atoms with Crippen LogP contribution in [0.3, 0.4) is 0 Å². The maximum Gasteiger partial charge on any atom is 0.119 e. The first-order chi connectivity index (χ1) is 9.11. The molecule has 1 N–H and O–H groups in total. The van der Waals surface area contributed by atoms with Gasteiger partial charge in [0.05, 0.1) is 0 Å². The lowest BCUT2D eigenvalue weighted by molar-refractivity contribution is 0.249. The van der Waals surface area contributed by atoms with Gasteiger partial charge in [-0.2, -0.15) is 0 Å². The highest BCUT2D eigenvalue weighted by Crippen LogP contribution is 2.12. The molecule has 0 aliphatic rings. The molecule has 0 aromatic heterocycles. The Hall–Kier alpha value is -1.32. The lowest BCUT2D eigenvalue weighted by Crippen LogP contribution is -2.24. The Bertz CT molecular complexity index is 360. The molecule has 3 nitrogen and oxygen atoms in total. The molecule has 0 saturated heterocycles. The fourth-order valence-electron chi connectivity index (χ4n) is 1.66. The molecule has 1 aromatic carbocycles. The first-order valence-electron chi connectivity index (χ1n) is 6.86. The monoisotopic (exact) mass is 262 g/mol. The van der Waals surface area contributed by atoms with E-state index in [1.165, 1.54) is 5.56 Å². The summed E-state index contributed by atoms with van der Waals surface area (Å²) in [6.45, 7) is 11.4. The molecule has 106 valence electrons. The van der Waals surface area contributed by atoms with Gasteiger partial charge in [0.1, 0.15) is 12.4 Å². The van der Waals surface area contributed by atoms with Crippen LogP contribution in [0.5, 0.6) is 5.75 Å². The summed E-state index contributed by atoms with van der Waals surface area (Å²) in [5.41, 5.74) is 1.28. The van der Waals surface area contributed by atoms with Crippen molar-refractivity contribution in [2.24, 2.45) is 0 Å². The molecule has 0 radical (unpaired) electrons. The number of rotatable bonds is 9. The van der Waals surface area contributed by atoms with Crippen LogP contribution in [-0.4, -0.2) is 37.7 Å². The summed E-state index contributed by atoms with van der Waals surface area (Å²) in [5.74, 6) is 0.931. The van der Waals surface area contributed by atoms with E-state index in [1.807, 2.05) is 18.2 Å². The Morgan fingerprint density at radius 2 is 2.00 bits per heavy atom. The summed E-state index contributed by atoms with van der Waals surface area (Å²) < 4.78 is 5.71. The molecule has 0 unspecified atom stereocenters. The Morgan fingerprint density at radius 1 is 1.32 bits per heavy atom. The van der Waals surface area contributed by atoms with Crippen LogP contribution in [0.15, 0.2) is 36.9 Å². The van der Waals surface area contributed by atoms with Crippen molar-refractivity contribution in [2.75, 3.05) is 26.7 Å². The lowest BCUT2D eigenvalue weighted by Gasteiger charge is -2.15. The van der Waals surface area contributed by atoms with Gasteiger partial charge in [-0.15, -0.1) is 6.58 Å². The van der Waals surface area contributed by atoms with E-state index in [1.54, 1.807) is 0 Å². The standard InChI is InChI=1S/C16H26N2O/c1-5-10-18(4)11-12-19-16-8-6-15(7-9-16)13-17-14(2)3/h5-9,14,17H,1,10-13H2,2-4H3. The van der Waals surface area contributed by atoms with Crippen molar-refractivity contribution < 1.29 is 4.74 Å². The second kappa shape index (κ2) is 8.73. The first-order valence-corrected chi connectivity index (χ1v) is 6.86. The molecule has 0 atom stereocenters. The van der Waals surface area contributed by atoms with Crippen LogP contribution in [0.4, 0.5) is 0 Å². The number of benzene rings is 1. The van der Waals surface area contributed by atoms with E-state index >= 15 is 0 Å². The van der Waals surface area contributed by atoms with Crippen molar-refractivity contribution >= 4 is 0 Å². The van der Waals surface area contributed by atoms with Crippen molar-refractivity contribution in [1.29, 1.82) is 0 Å². The molecule has 0 heterocycles. The zero-order valence-corrected chi connectivity index (χ0v) is 12.4. The minimum Gasteiger partial charge on any atom is -0.492 e. The number of likely N-dealkylation sites (N-methyl/N-ethyl adjacent to an activating group) is 1. The summed E-state index contributed by atoms with van der Waals surface area (Å²) in [4.78, 5) is 2.17. The van der Waals surface area contributed by atoms with Crippen molar-refractivity contribution in [3.8, 4) is 5.75 Å². The number of ether oxygens (including phenoxy) is 1. The van der Waals surface area contributed by atoms with Crippen molar-refractivity contribution in [3.63, 3.8) is 0 Å². The molecule has 0 amide bonds. The van der Waals surface area contributed by atoms with Gasteiger partial charge < -0.3 is 10.1 Å². The van der Waals surface area contributed by atoms with E-state index in [2.05, 4.69) is 49.8 Å². The molecular formula is C16H26N2O. The third-order valence-electron chi connectivity index (χ3n) is 2.82. The third kappa shape index (κ3) is 6.99. The fraction of sp³-hybridized carbons (Fsp3) is 0.500. The minimum atomic E-state index is 0.510. The van der Waals surface area contributed by atoms with Crippen molar-refractivity contribution in [2.45, 2.75) is 26.4 Å². The second-order valence-electron chi connectivity index (χ2n) is 5.08. The largest absolute Gasteiger partial charge is 0.492 e. The van der Waals surface area contributed by atoms with Crippen LogP contribution < -0.4 is 10.1 Å². The summed E-state index contributed by atoms with van der Waals surface area (Å²) in [5, 5.41) is 3.40. The minimum absolute atomic E-state index is 0.510. The number of hydrogen-bond donors (Lipinski definition) is 1. The van der Waals surface area contributed by atoms with Gasteiger partial charge in [-0.25, -0.2) is 0 Å². The van der Waals surface area contributed by atoms with Gasteiger partial charge in [0.25, 0.3) is 0 Å². The Kier molecular flexibility index (Phi) is 7.23. The molecule has 0 spiro atoms. The maximum absolute atomic E-state index is 5.71. The van der Waals surface area contributed by atoms with Crippen LogP contribution in [0.2, 0.25) is 0 Å². The molecule has 0 aliphatic heterocycles. The molecule has 0 saturated carbocycles. The van der Waals surface area contributed by atoms with Gasteiger partial charge in [0.2, 0.25) is 0 Å². The predicted molar refractivity (Wildman–Crippen MR) is 81.6 cm³/mol. The first kappa shape index (κ1) is 15.7. The lowest BCUT2D eigenvalue weighted by atomic mass is 10.2. The van der Waals surface area contributed by atoms with Gasteiger partial charge in [0.15, 0.2) is 0 Å². The molecule has 0 bridgehead atoms. The Labute approximate surface area is 117 Å². The topological polar surface area (TPSA) is 24.5 Å². The SMILES string of the molecule is C=CCN(C)CCOc1ccc(CNC(C)C)cc1. The summed E-state index contributed by atoms with van der Waals surface area (Å²) in [6, 6.07) is 8.79. The zero-order valence-electron chi connectivity index (χ0n) is 12.4. The van der Waals surface area contributed by atoms with Gasteiger partial charge in [-0.3, -0.25) is 4.90 Å². The normalized spacial score (nSPS) is 11.0. The van der Waals surface area contributed by atoms with Crippen LogP contribution in [0.25, 0.3) is 0 Å². The third-order valence-corrected chi connectivity index (χ3v) is 2.82. The van der Waals surface area contributed by atoms with Crippen LogP contribution >= 0.6 is 0 Å². The van der Waals surface area contributed by atoms with Gasteiger partial charge >= 0.3 is 0 Å². The Balaban J connectivity index is 2.29. The molecule has 1 aromatic rings. The van der Waals surface area contributed by atoms with Crippen molar-refractivity contribution in [1.82, 2.24) is 10.2 Å². The smallest absolute Gasteiger partial charge is 0.119 e. The van der Waals surface area contributed by atoms with E-state index in [-0.39, 0.29) is 0 Å². The molecule has 3 heteroatoms. The maximum atomic E-state index is 5.71. The molecule has 0 aliphatic carbocycles. The van der Waals surface area contributed by atoms with Crippen LogP contribution in [0.1, 0.15) is 19.4 Å². The molecule has 1 rings (SSSR count). The van der Waals surface area contributed by atoms with Crippen LogP contribution in [-0.2, 0) is 6.54 Å². The van der Waals surface area contributed by atoms with E-state index in [4.69, 9.17) is 4.74 Å². The zero-order chi connectivity index (χ0) is 14.1. The van der Waals surface area contributed by atoms with E-state index in [0.717, 1.165) is 25.4 Å². The summed E-state index contributed by atoms with van der Waals surface area (Å²) in [6.07, 6.45) is 1.90. The number of hydrogen-bond acceptors (Lipinski definition) is 3. The van der Waals surface area contributed by atoms with Gasteiger partial charge in [-0.1, -0.05) is 32.1 Å². The summed E-state index contributed by atoms with van der Waals surface area (Å²) in [7, 11) is 2.06. The average molecular weight is 262 g/mol. The molecular weight excluding hydrogens is 236 g/mol. The molecule has 0 fully saturated rings. The van der Waals surface area contributed by atoms with E-state index < -0.39 is 0 Å². The Morgan fingerprint density at radius 3 is 2.58 bits per heavy atom. The summed E-state index contributed by atoms with van der Waals surface area (Å²) >= 11 is 0. The fourth-order valence-corrected chi connectivity index (χ4v) is 1.66. The number of nitrogens with zero attached hydrogens (tertiary/aromatic N) is 1. The van der Waals surface area contributed by atoms with E-state index in [9.17, 15) is 0 Å². The van der Waals surface area contributed by atoms with E-state index in [0.29, 0.717) is 12.6 Å². The quantitative estimate of drug-likeness (QED) is 0.693. The van der Waals surface area contributed by atoms with Gasteiger partial charge in [0, 0.05) is 25.7 Å². The predicted octanol–water partition coefficient (Wildman–Crippen LogP) is 2.68. The van der Waals surface area contributed by atoms with Crippen molar-refractivity contribution in [3.05, 3.63) is 42.5 Å². The highest BCUT2D eigenvalue weighted by atomic mass is 16.5. The molecule has 19 heavy (non-hydrogen) atoms. The second-order valence-corrected chi connectivity index (χ2v) is 5.08. The van der Waals surface area contributed by atoms with Gasteiger partial charge in [-0.05, 0) is 24.7 Å². The average Bonchev–Trinajstić information content (AvgIpc) is 2.38. The van der Waals surface area contributed by atoms with Crippen LogP contribution in [0, 0.1) is 0 Å². The highest BCUT2D eigenvalue weighted by molar-refractivity contribution is 5.27.